The molecule has 0 aliphatic carbocycles. The Balaban J connectivity index is 3.09. The predicted molar refractivity (Wildman–Crippen MR) is 106 cm³/mol. The molecule has 0 aromatic heterocycles. The third-order valence-corrected chi connectivity index (χ3v) is 4.70. The Labute approximate surface area is 155 Å². The molecule has 4 heteroatoms. The van der Waals surface area contributed by atoms with Gasteiger partial charge in [0, 0.05) is 19.4 Å². The van der Waals surface area contributed by atoms with E-state index in [2.05, 4.69) is 12.2 Å². The van der Waals surface area contributed by atoms with Gasteiger partial charge in [0.25, 0.3) is 0 Å². The zero-order valence-electron chi connectivity index (χ0n) is 16.6. The minimum Gasteiger partial charge on any atom is -0.370 e. The van der Waals surface area contributed by atoms with Crippen molar-refractivity contribution < 1.29 is 9.59 Å². The van der Waals surface area contributed by atoms with Crippen LogP contribution in [-0.4, -0.2) is 18.4 Å². The van der Waals surface area contributed by atoms with Crippen molar-refractivity contribution >= 4 is 11.8 Å². The van der Waals surface area contributed by atoms with Gasteiger partial charge in [-0.25, -0.2) is 0 Å². The molecule has 0 unspecified atom stereocenters. The standard InChI is InChI=1S/C21H42N2O2/c1-2-3-4-5-6-7-8-9-10-11-12-13-14-15-16-19-23-21(25)18-17-20(22)24/h2-19H2,1H3,(H2,22,24)(H,23,25). The lowest BCUT2D eigenvalue weighted by molar-refractivity contribution is -0.125. The van der Waals surface area contributed by atoms with Gasteiger partial charge in [-0.15, -0.1) is 0 Å². The molecular formula is C21H42N2O2. The van der Waals surface area contributed by atoms with Gasteiger partial charge in [-0.3, -0.25) is 9.59 Å². The van der Waals surface area contributed by atoms with Crippen LogP contribution in [0.15, 0.2) is 0 Å². The van der Waals surface area contributed by atoms with Gasteiger partial charge in [0.05, 0.1) is 0 Å². The molecule has 0 saturated heterocycles. The van der Waals surface area contributed by atoms with E-state index in [0.29, 0.717) is 0 Å². The molecule has 0 aromatic rings. The van der Waals surface area contributed by atoms with Crippen LogP contribution in [0.25, 0.3) is 0 Å². The summed E-state index contributed by atoms with van der Waals surface area (Å²) in [5, 5.41) is 2.84. The molecule has 0 aliphatic rings. The molecule has 0 rings (SSSR count). The van der Waals surface area contributed by atoms with Gasteiger partial charge in [0.1, 0.15) is 0 Å². The monoisotopic (exact) mass is 354 g/mol. The molecular weight excluding hydrogens is 312 g/mol. The van der Waals surface area contributed by atoms with E-state index >= 15 is 0 Å². The lowest BCUT2D eigenvalue weighted by Crippen LogP contribution is -2.25. The highest BCUT2D eigenvalue weighted by molar-refractivity contribution is 5.82. The normalized spacial score (nSPS) is 10.8. The van der Waals surface area contributed by atoms with Gasteiger partial charge >= 0.3 is 0 Å². The third-order valence-electron chi connectivity index (χ3n) is 4.70. The fourth-order valence-electron chi connectivity index (χ4n) is 3.05. The Hall–Kier alpha value is -1.06. The summed E-state index contributed by atoms with van der Waals surface area (Å²) in [6.07, 6.45) is 20.5. The number of primary amides is 1. The SMILES string of the molecule is CCCCCCCCCCCCCCCCCNC(=O)CCC(N)=O. The number of unbranched alkanes of at least 4 members (excludes halogenated alkanes) is 14. The number of rotatable bonds is 19. The maximum absolute atomic E-state index is 11.4. The van der Waals surface area contributed by atoms with Crippen LogP contribution in [0, 0.1) is 0 Å². The number of hydrogen-bond donors (Lipinski definition) is 2. The summed E-state index contributed by atoms with van der Waals surface area (Å²) < 4.78 is 0. The molecule has 0 radical (unpaired) electrons. The molecule has 0 saturated carbocycles. The van der Waals surface area contributed by atoms with Crippen molar-refractivity contribution in [1.82, 2.24) is 5.32 Å². The first-order valence-electron chi connectivity index (χ1n) is 10.7. The van der Waals surface area contributed by atoms with E-state index in [1.165, 1.54) is 89.9 Å². The highest BCUT2D eigenvalue weighted by Gasteiger charge is 2.02. The lowest BCUT2D eigenvalue weighted by Gasteiger charge is -2.05. The molecule has 25 heavy (non-hydrogen) atoms. The minimum absolute atomic E-state index is 0.0656. The van der Waals surface area contributed by atoms with E-state index < -0.39 is 5.91 Å². The van der Waals surface area contributed by atoms with Gasteiger partial charge in [0.15, 0.2) is 0 Å². The van der Waals surface area contributed by atoms with Crippen LogP contribution in [0.5, 0.6) is 0 Å². The van der Waals surface area contributed by atoms with E-state index in [1.54, 1.807) is 0 Å². The number of carbonyl (C=O) groups excluding carboxylic acids is 2. The zero-order valence-corrected chi connectivity index (χ0v) is 16.6. The van der Waals surface area contributed by atoms with Crippen molar-refractivity contribution in [3.63, 3.8) is 0 Å². The number of amides is 2. The van der Waals surface area contributed by atoms with E-state index in [1.807, 2.05) is 0 Å². The number of nitrogens with one attached hydrogen (secondary N) is 1. The minimum atomic E-state index is -0.415. The maximum atomic E-state index is 11.4. The zero-order chi connectivity index (χ0) is 18.6. The van der Waals surface area contributed by atoms with Crippen LogP contribution >= 0.6 is 0 Å². The van der Waals surface area contributed by atoms with Crippen LogP contribution in [0.4, 0.5) is 0 Å². The van der Waals surface area contributed by atoms with E-state index in [9.17, 15) is 9.59 Å². The summed E-state index contributed by atoms with van der Waals surface area (Å²) in [6, 6.07) is 0. The number of hydrogen-bond acceptors (Lipinski definition) is 2. The maximum Gasteiger partial charge on any atom is 0.220 e. The molecule has 2 amide bonds. The Morgan fingerprint density at radius 3 is 1.44 bits per heavy atom. The Kier molecular flexibility index (Phi) is 18.5. The molecule has 0 spiro atoms. The quantitative estimate of drug-likeness (QED) is 0.311. The van der Waals surface area contributed by atoms with Crippen molar-refractivity contribution in [2.45, 2.75) is 116 Å². The molecule has 0 bridgehead atoms. The second-order valence-electron chi connectivity index (χ2n) is 7.27. The molecule has 0 atom stereocenters. The average Bonchev–Trinajstić information content (AvgIpc) is 2.59. The van der Waals surface area contributed by atoms with Crippen molar-refractivity contribution in [2.75, 3.05) is 6.54 Å². The predicted octanol–water partition coefficient (Wildman–Crippen LogP) is 5.24. The first-order chi connectivity index (χ1) is 12.2. The first-order valence-corrected chi connectivity index (χ1v) is 10.7. The third kappa shape index (κ3) is 20.9. The van der Waals surface area contributed by atoms with Crippen molar-refractivity contribution in [3.8, 4) is 0 Å². The van der Waals surface area contributed by atoms with E-state index in [0.717, 1.165) is 13.0 Å². The van der Waals surface area contributed by atoms with Gasteiger partial charge in [0.2, 0.25) is 11.8 Å². The summed E-state index contributed by atoms with van der Waals surface area (Å²) in [4.78, 5) is 21.9. The summed E-state index contributed by atoms with van der Waals surface area (Å²) in [7, 11) is 0. The molecule has 3 N–H and O–H groups in total. The lowest BCUT2D eigenvalue weighted by atomic mass is 10.0. The van der Waals surface area contributed by atoms with E-state index in [4.69, 9.17) is 5.73 Å². The second-order valence-corrected chi connectivity index (χ2v) is 7.27. The van der Waals surface area contributed by atoms with Crippen molar-refractivity contribution in [1.29, 1.82) is 0 Å². The van der Waals surface area contributed by atoms with Crippen molar-refractivity contribution in [3.05, 3.63) is 0 Å². The topological polar surface area (TPSA) is 72.2 Å². The average molecular weight is 355 g/mol. The molecule has 0 aromatic carbocycles. The Morgan fingerprint density at radius 2 is 1.04 bits per heavy atom. The summed E-state index contributed by atoms with van der Waals surface area (Å²) in [6.45, 7) is 2.99. The van der Waals surface area contributed by atoms with Crippen LogP contribution in [0.3, 0.4) is 0 Å². The summed E-state index contributed by atoms with van der Waals surface area (Å²) in [5.41, 5.74) is 5.01. The molecule has 0 heterocycles. The Morgan fingerprint density at radius 1 is 0.640 bits per heavy atom. The Bertz CT molecular complexity index is 319. The molecule has 148 valence electrons. The smallest absolute Gasteiger partial charge is 0.220 e. The molecule has 0 fully saturated rings. The largest absolute Gasteiger partial charge is 0.370 e. The second kappa shape index (κ2) is 19.3. The van der Waals surface area contributed by atoms with Crippen LogP contribution in [0.1, 0.15) is 116 Å². The number of nitrogens with two attached hydrogens (primary N) is 1. The summed E-state index contributed by atoms with van der Waals surface area (Å²) >= 11 is 0. The van der Waals surface area contributed by atoms with E-state index in [-0.39, 0.29) is 18.7 Å². The van der Waals surface area contributed by atoms with Gasteiger partial charge < -0.3 is 11.1 Å². The highest BCUT2D eigenvalue weighted by atomic mass is 16.2. The van der Waals surface area contributed by atoms with Gasteiger partial charge in [-0.1, -0.05) is 96.8 Å². The van der Waals surface area contributed by atoms with Crippen molar-refractivity contribution in [2.24, 2.45) is 5.73 Å². The van der Waals surface area contributed by atoms with Crippen LogP contribution in [-0.2, 0) is 9.59 Å². The van der Waals surface area contributed by atoms with Crippen LogP contribution in [0.2, 0.25) is 0 Å². The van der Waals surface area contributed by atoms with Gasteiger partial charge in [-0.2, -0.15) is 0 Å². The molecule has 4 nitrogen and oxygen atoms in total. The first kappa shape index (κ1) is 23.9. The number of carbonyl (C=O) groups is 2. The van der Waals surface area contributed by atoms with Gasteiger partial charge in [-0.05, 0) is 6.42 Å². The van der Waals surface area contributed by atoms with Crippen LogP contribution < -0.4 is 11.1 Å². The highest BCUT2D eigenvalue weighted by Crippen LogP contribution is 2.13. The fourth-order valence-corrected chi connectivity index (χ4v) is 3.05. The fraction of sp³-hybridized carbons (Fsp3) is 0.905. The summed E-state index contributed by atoms with van der Waals surface area (Å²) in [5.74, 6) is -0.480. The molecule has 0 aliphatic heterocycles.